The van der Waals surface area contributed by atoms with E-state index in [0.29, 0.717) is 30.0 Å². The Morgan fingerprint density at radius 3 is 2.43 bits per heavy atom. The summed E-state index contributed by atoms with van der Waals surface area (Å²) in [5, 5.41) is 9.97. The van der Waals surface area contributed by atoms with Crippen molar-refractivity contribution in [3.05, 3.63) is 71.2 Å². The maximum atomic E-state index is 12.6. The molecule has 1 aromatic carbocycles. The van der Waals surface area contributed by atoms with Gasteiger partial charge in [-0.25, -0.2) is 0 Å². The van der Waals surface area contributed by atoms with Crippen LogP contribution in [0.25, 0.3) is 0 Å². The van der Waals surface area contributed by atoms with Gasteiger partial charge in [0.1, 0.15) is 0 Å². The minimum absolute atomic E-state index is 0.0800. The zero-order chi connectivity index (χ0) is 19.7. The molecule has 2 amide bonds. The summed E-state index contributed by atoms with van der Waals surface area (Å²) in [4.78, 5) is 32.8. The number of hydrogen-bond acceptors (Lipinski definition) is 5. The lowest BCUT2D eigenvalue weighted by molar-refractivity contribution is 0.0749. The summed E-state index contributed by atoms with van der Waals surface area (Å²) in [5.41, 5.74) is 3.81. The number of rotatable bonds is 4. The molecule has 2 aromatic heterocycles. The number of carbonyl (C=O) groups is 2. The maximum Gasteiger partial charge on any atom is 0.256 e. The number of anilines is 2. The van der Waals surface area contributed by atoms with Gasteiger partial charge in [0, 0.05) is 48.9 Å². The number of fused-ring (bicyclic) bond motifs is 1. The van der Waals surface area contributed by atoms with E-state index in [4.69, 9.17) is 0 Å². The molecule has 4 rings (SSSR count). The zero-order valence-electron chi connectivity index (χ0n) is 15.6. The van der Waals surface area contributed by atoms with E-state index in [9.17, 15) is 9.59 Å². The van der Waals surface area contributed by atoms with Crippen molar-refractivity contribution in [2.24, 2.45) is 0 Å². The molecular weight excluding hydrogens is 356 g/mol. The lowest BCUT2D eigenvalue weighted by Gasteiger charge is -2.15. The average molecular weight is 376 g/mol. The van der Waals surface area contributed by atoms with Crippen LogP contribution in [0.2, 0.25) is 0 Å². The highest BCUT2D eigenvalue weighted by Crippen LogP contribution is 2.28. The van der Waals surface area contributed by atoms with E-state index >= 15 is 0 Å². The Labute approximate surface area is 162 Å². The van der Waals surface area contributed by atoms with Crippen LogP contribution in [0.4, 0.5) is 11.5 Å². The fraction of sp³-hybridized carbons (Fsp3) is 0.200. The van der Waals surface area contributed by atoms with Crippen molar-refractivity contribution in [3.63, 3.8) is 0 Å². The smallest absolute Gasteiger partial charge is 0.256 e. The lowest BCUT2D eigenvalue weighted by Crippen LogP contribution is -2.26. The average Bonchev–Trinajstić information content (AvgIpc) is 3.30. The van der Waals surface area contributed by atoms with E-state index in [0.717, 1.165) is 16.9 Å². The Hall–Kier alpha value is -3.68. The third kappa shape index (κ3) is 3.32. The number of nitrogens with one attached hydrogen (secondary N) is 2. The number of hydrogen-bond donors (Lipinski definition) is 2. The normalized spacial score (nSPS) is 12.6. The van der Waals surface area contributed by atoms with Crippen molar-refractivity contribution in [2.75, 3.05) is 24.3 Å². The SMILES string of the molecule is CN(C)c1ccc(C(=O)Nc2n[nH]c3c2CN(C(=O)c2ccncc2)C3)cc1. The second-order valence-electron chi connectivity index (χ2n) is 6.82. The van der Waals surface area contributed by atoms with Gasteiger partial charge in [0.2, 0.25) is 0 Å². The van der Waals surface area contributed by atoms with E-state index in [1.165, 1.54) is 0 Å². The van der Waals surface area contributed by atoms with Gasteiger partial charge >= 0.3 is 0 Å². The molecule has 0 fully saturated rings. The second kappa shape index (κ2) is 7.15. The predicted octanol–water partition coefficient (Wildman–Crippen LogP) is 2.28. The van der Waals surface area contributed by atoms with Crippen LogP contribution in [-0.2, 0) is 13.1 Å². The summed E-state index contributed by atoms with van der Waals surface area (Å²) >= 11 is 0. The van der Waals surface area contributed by atoms with Gasteiger partial charge < -0.3 is 15.1 Å². The second-order valence-corrected chi connectivity index (χ2v) is 6.82. The molecular formula is C20H20N6O2. The summed E-state index contributed by atoms with van der Waals surface area (Å²) < 4.78 is 0. The number of aromatic amines is 1. The molecule has 0 bridgehead atoms. The topological polar surface area (TPSA) is 94.2 Å². The fourth-order valence-electron chi connectivity index (χ4n) is 3.15. The van der Waals surface area contributed by atoms with Gasteiger partial charge in [-0.3, -0.25) is 19.7 Å². The van der Waals surface area contributed by atoms with Crippen molar-refractivity contribution in [1.82, 2.24) is 20.1 Å². The Balaban J connectivity index is 1.47. The number of nitrogens with zero attached hydrogens (tertiary/aromatic N) is 4. The van der Waals surface area contributed by atoms with Crippen molar-refractivity contribution < 1.29 is 9.59 Å². The van der Waals surface area contributed by atoms with Crippen molar-refractivity contribution in [2.45, 2.75) is 13.1 Å². The fourth-order valence-corrected chi connectivity index (χ4v) is 3.15. The molecule has 0 aliphatic carbocycles. The number of amides is 2. The molecule has 0 unspecified atom stereocenters. The highest BCUT2D eigenvalue weighted by atomic mass is 16.2. The van der Waals surface area contributed by atoms with Crippen molar-refractivity contribution >= 4 is 23.3 Å². The Kier molecular flexibility index (Phi) is 4.52. The molecule has 2 N–H and O–H groups in total. The highest BCUT2D eigenvalue weighted by molar-refractivity contribution is 6.04. The monoisotopic (exact) mass is 376 g/mol. The minimum Gasteiger partial charge on any atom is -0.378 e. The molecule has 3 aromatic rings. The van der Waals surface area contributed by atoms with Crippen LogP contribution in [0.15, 0.2) is 48.8 Å². The Morgan fingerprint density at radius 2 is 1.75 bits per heavy atom. The molecule has 142 valence electrons. The van der Waals surface area contributed by atoms with Crippen molar-refractivity contribution in [3.8, 4) is 0 Å². The van der Waals surface area contributed by atoms with Gasteiger partial charge in [-0.15, -0.1) is 0 Å². The third-order valence-corrected chi connectivity index (χ3v) is 4.74. The molecule has 0 saturated heterocycles. The number of benzene rings is 1. The van der Waals surface area contributed by atoms with E-state index in [2.05, 4.69) is 20.5 Å². The van der Waals surface area contributed by atoms with Gasteiger partial charge in [-0.1, -0.05) is 0 Å². The van der Waals surface area contributed by atoms with Gasteiger partial charge in [0.05, 0.1) is 18.8 Å². The number of H-pyrrole nitrogens is 1. The van der Waals surface area contributed by atoms with Gasteiger partial charge in [-0.2, -0.15) is 5.10 Å². The number of pyridine rings is 1. The first-order chi connectivity index (χ1) is 13.5. The first kappa shape index (κ1) is 17.7. The van der Waals surface area contributed by atoms with Crippen LogP contribution in [-0.4, -0.2) is 46.0 Å². The number of carbonyl (C=O) groups excluding carboxylic acids is 2. The van der Waals surface area contributed by atoms with Crippen molar-refractivity contribution in [1.29, 1.82) is 0 Å². The maximum absolute atomic E-state index is 12.6. The summed E-state index contributed by atoms with van der Waals surface area (Å²) in [5.74, 6) is 0.142. The standard InChI is InChI=1S/C20H20N6O2/c1-25(2)15-5-3-13(4-6-15)19(27)22-18-16-11-26(12-17(16)23-24-18)20(28)14-7-9-21-10-8-14/h3-10H,11-12H2,1-2H3,(H2,22,23,24,27). The van der Waals surface area contributed by atoms with E-state index in [-0.39, 0.29) is 11.8 Å². The van der Waals surface area contributed by atoms with Gasteiger partial charge in [0.25, 0.3) is 11.8 Å². The molecule has 0 spiro atoms. The first-order valence-electron chi connectivity index (χ1n) is 8.87. The van der Waals surface area contributed by atoms with E-state index in [1.807, 2.05) is 31.1 Å². The largest absolute Gasteiger partial charge is 0.378 e. The lowest BCUT2D eigenvalue weighted by atomic mass is 10.2. The summed E-state index contributed by atoms with van der Waals surface area (Å²) in [6.45, 7) is 0.819. The third-order valence-electron chi connectivity index (χ3n) is 4.74. The zero-order valence-corrected chi connectivity index (χ0v) is 15.6. The molecule has 8 nitrogen and oxygen atoms in total. The Bertz CT molecular complexity index is 1010. The quantitative estimate of drug-likeness (QED) is 0.729. The van der Waals surface area contributed by atoms with Crippen LogP contribution in [0.3, 0.4) is 0 Å². The first-order valence-corrected chi connectivity index (χ1v) is 8.87. The minimum atomic E-state index is -0.237. The molecule has 1 aliphatic heterocycles. The van der Waals surface area contributed by atoms with Crippen LogP contribution >= 0.6 is 0 Å². The van der Waals surface area contributed by atoms with E-state index in [1.54, 1.807) is 41.6 Å². The summed E-state index contributed by atoms with van der Waals surface area (Å²) in [6, 6.07) is 10.7. The molecule has 8 heteroatoms. The molecule has 3 heterocycles. The molecule has 0 atom stereocenters. The number of aromatic nitrogens is 3. The predicted molar refractivity (Wildman–Crippen MR) is 105 cm³/mol. The summed E-state index contributed by atoms with van der Waals surface area (Å²) in [6.07, 6.45) is 3.19. The van der Waals surface area contributed by atoms with Crippen LogP contribution in [0, 0.1) is 0 Å². The van der Waals surface area contributed by atoms with Crippen LogP contribution in [0.5, 0.6) is 0 Å². The molecule has 0 radical (unpaired) electrons. The van der Waals surface area contributed by atoms with E-state index < -0.39 is 0 Å². The molecule has 1 aliphatic rings. The molecule has 28 heavy (non-hydrogen) atoms. The van der Waals surface area contributed by atoms with Crippen LogP contribution in [0.1, 0.15) is 32.0 Å². The van der Waals surface area contributed by atoms with Gasteiger partial charge in [-0.05, 0) is 36.4 Å². The van der Waals surface area contributed by atoms with Gasteiger partial charge in [0.15, 0.2) is 5.82 Å². The highest BCUT2D eigenvalue weighted by Gasteiger charge is 2.29. The summed E-state index contributed by atoms with van der Waals surface area (Å²) in [7, 11) is 3.89. The molecule has 0 saturated carbocycles. The Morgan fingerprint density at radius 1 is 1.04 bits per heavy atom. The van der Waals surface area contributed by atoms with Crippen LogP contribution < -0.4 is 10.2 Å².